The Morgan fingerprint density at radius 3 is 2.38 bits per heavy atom. The zero-order valence-electron chi connectivity index (χ0n) is 17.8. The normalized spacial score (nSPS) is 26.7. The van der Waals surface area contributed by atoms with Gasteiger partial charge < -0.3 is 9.64 Å². The van der Waals surface area contributed by atoms with Crippen LogP contribution in [0.3, 0.4) is 0 Å². The Bertz CT molecular complexity index is 725. The van der Waals surface area contributed by atoms with Crippen molar-refractivity contribution in [3.8, 4) is 0 Å². The highest BCUT2D eigenvalue weighted by Gasteiger charge is 2.54. The molecule has 1 aromatic rings. The highest BCUT2D eigenvalue weighted by molar-refractivity contribution is 5.98. The van der Waals surface area contributed by atoms with E-state index in [1.54, 1.807) is 17.0 Å². The maximum Gasteiger partial charge on any atom is 0.259 e. The smallest absolute Gasteiger partial charge is 0.259 e. The fourth-order valence-electron chi connectivity index (χ4n) is 4.62. The molecule has 1 saturated heterocycles. The molecule has 3 rings (SSSR count). The van der Waals surface area contributed by atoms with Crippen LogP contribution in [0.1, 0.15) is 69.7 Å². The van der Waals surface area contributed by atoms with Crippen LogP contribution in [-0.4, -0.2) is 53.1 Å². The van der Waals surface area contributed by atoms with Gasteiger partial charge in [0.1, 0.15) is 17.6 Å². The highest BCUT2D eigenvalue weighted by Crippen LogP contribution is 2.43. The predicted molar refractivity (Wildman–Crippen MR) is 110 cm³/mol. The van der Waals surface area contributed by atoms with Crippen LogP contribution in [0, 0.1) is 11.7 Å². The third-order valence-corrected chi connectivity index (χ3v) is 6.22. The number of carbonyl (C=O) groups excluding carboxylic acids is 2. The van der Waals surface area contributed by atoms with Gasteiger partial charge in [-0.1, -0.05) is 32.9 Å². The molecular weight excluding hydrogens is 371 g/mol. The summed E-state index contributed by atoms with van der Waals surface area (Å²) < 4.78 is 20.7. The quantitative estimate of drug-likeness (QED) is 0.713. The number of rotatable bonds is 6. The highest BCUT2D eigenvalue weighted by atomic mass is 19.1. The van der Waals surface area contributed by atoms with Gasteiger partial charge in [-0.3, -0.25) is 14.5 Å². The minimum Gasteiger partial charge on any atom is -0.353 e. The summed E-state index contributed by atoms with van der Waals surface area (Å²) in [5, 5.41) is 0. The van der Waals surface area contributed by atoms with E-state index in [9.17, 15) is 14.0 Å². The number of nitrogens with zero attached hydrogens (tertiary/aromatic N) is 2. The summed E-state index contributed by atoms with van der Waals surface area (Å²) in [6.07, 6.45) is 4.91. The lowest BCUT2D eigenvalue weighted by Gasteiger charge is -2.43. The fourth-order valence-corrected chi connectivity index (χ4v) is 4.62. The van der Waals surface area contributed by atoms with Gasteiger partial charge in [-0.2, -0.15) is 0 Å². The largest absolute Gasteiger partial charge is 0.353 e. The van der Waals surface area contributed by atoms with E-state index in [0.717, 1.165) is 25.7 Å². The number of benzene rings is 1. The Kier molecular flexibility index (Phi) is 6.93. The molecule has 2 fully saturated rings. The van der Waals surface area contributed by atoms with Crippen LogP contribution < -0.4 is 0 Å². The summed E-state index contributed by atoms with van der Waals surface area (Å²) in [4.78, 5) is 30.3. The Balaban J connectivity index is 1.96. The molecule has 1 atom stereocenters. The number of amides is 2. The first-order valence-corrected chi connectivity index (χ1v) is 10.9. The van der Waals surface area contributed by atoms with Gasteiger partial charge >= 0.3 is 0 Å². The van der Waals surface area contributed by atoms with Gasteiger partial charge in [0, 0.05) is 13.1 Å². The van der Waals surface area contributed by atoms with Gasteiger partial charge in [-0.15, -0.1) is 0 Å². The van der Waals surface area contributed by atoms with E-state index in [1.165, 1.54) is 12.1 Å². The minimum atomic E-state index is -0.809. The number of carbonyl (C=O) groups is 2. The molecule has 0 bridgehead atoms. The lowest BCUT2D eigenvalue weighted by Crippen LogP contribution is -2.57. The molecule has 5 nitrogen and oxygen atoms in total. The summed E-state index contributed by atoms with van der Waals surface area (Å²) in [5.41, 5.74) is -0.803. The molecule has 29 heavy (non-hydrogen) atoms. The van der Waals surface area contributed by atoms with Crippen molar-refractivity contribution in [2.75, 3.05) is 19.7 Å². The molecule has 1 aliphatic carbocycles. The Labute approximate surface area is 173 Å². The van der Waals surface area contributed by atoms with Crippen LogP contribution in [0.2, 0.25) is 0 Å². The summed E-state index contributed by atoms with van der Waals surface area (Å²) >= 11 is 0. The van der Waals surface area contributed by atoms with Crippen LogP contribution in [0.5, 0.6) is 0 Å². The summed E-state index contributed by atoms with van der Waals surface area (Å²) in [5.74, 6) is -0.537. The number of hydrogen-bond acceptors (Lipinski definition) is 3. The molecule has 1 unspecified atom stereocenters. The molecule has 1 heterocycles. The van der Waals surface area contributed by atoms with Gasteiger partial charge in [-0.05, 0) is 56.6 Å². The second-order valence-electron chi connectivity index (χ2n) is 8.44. The van der Waals surface area contributed by atoms with Crippen LogP contribution in [0.4, 0.5) is 4.39 Å². The fraction of sp³-hybridized carbons (Fsp3) is 0.652. The van der Waals surface area contributed by atoms with Crippen molar-refractivity contribution in [3.63, 3.8) is 0 Å². The van der Waals surface area contributed by atoms with Crippen molar-refractivity contribution in [2.45, 2.75) is 71.1 Å². The first-order valence-electron chi connectivity index (χ1n) is 10.9. The Hall–Kier alpha value is -1.95. The van der Waals surface area contributed by atoms with E-state index in [1.807, 2.05) is 18.7 Å². The van der Waals surface area contributed by atoms with Crippen molar-refractivity contribution < 1.29 is 18.7 Å². The summed E-state index contributed by atoms with van der Waals surface area (Å²) in [6, 6.07) is 5.30. The molecule has 160 valence electrons. The van der Waals surface area contributed by atoms with Crippen LogP contribution in [-0.2, 0) is 9.53 Å². The van der Waals surface area contributed by atoms with E-state index in [-0.39, 0.29) is 18.1 Å². The summed E-state index contributed by atoms with van der Waals surface area (Å²) in [7, 11) is 0. The lowest BCUT2D eigenvalue weighted by atomic mass is 9.83. The Morgan fingerprint density at radius 2 is 1.79 bits per heavy atom. The predicted octanol–water partition coefficient (Wildman–Crippen LogP) is 4.22. The maximum atomic E-state index is 14.5. The van der Waals surface area contributed by atoms with Gasteiger partial charge in [0.25, 0.3) is 5.91 Å². The molecule has 0 aromatic heterocycles. The first kappa shape index (κ1) is 21.8. The monoisotopic (exact) mass is 404 g/mol. The second kappa shape index (κ2) is 9.24. The Morgan fingerprint density at radius 1 is 1.17 bits per heavy atom. The average Bonchev–Trinajstić information content (AvgIpc) is 3.08. The van der Waals surface area contributed by atoms with E-state index in [4.69, 9.17) is 4.74 Å². The standard InChI is InChI=1S/C23H33FN2O3/c1-4-14-25(15-5-2)22(28)20-16-29-23(12-10-17(3)11-13-23)26(20)21(27)18-8-6-7-9-19(18)24/h6-9,17,20H,4-5,10-16H2,1-3H3. The van der Waals surface area contributed by atoms with Crippen LogP contribution >= 0.6 is 0 Å². The van der Waals surface area contributed by atoms with E-state index in [2.05, 4.69) is 6.92 Å². The van der Waals surface area contributed by atoms with Crippen molar-refractivity contribution in [1.29, 1.82) is 0 Å². The van der Waals surface area contributed by atoms with Gasteiger partial charge in [0.2, 0.25) is 5.91 Å². The molecule has 2 amide bonds. The number of hydrogen-bond donors (Lipinski definition) is 0. The molecule has 1 aromatic carbocycles. The maximum absolute atomic E-state index is 14.5. The van der Waals surface area contributed by atoms with Crippen molar-refractivity contribution in [1.82, 2.24) is 9.80 Å². The van der Waals surface area contributed by atoms with E-state index in [0.29, 0.717) is 31.8 Å². The molecule has 1 aliphatic heterocycles. The molecule has 1 spiro atoms. The average molecular weight is 405 g/mol. The number of halogens is 1. The molecule has 0 radical (unpaired) electrons. The van der Waals surface area contributed by atoms with E-state index < -0.39 is 23.5 Å². The molecule has 6 heteroatoms. The third kappa shape index (κ3) is 4.32. The van der Waals surface area contributed by atoms with Crippen molar-refractivity contribution >= 4 is 11.8 Å². The molecule has 0 N–H and O–H groups in total. The zero-order chi connectivity index (χ0) is 21.0. The van der Waals surface area contributed by atoms with Crippen LogP contribution in [0.15, 0.2) is 24.3 Å². The molecule has 2 aliphatic rings. The zero-order valence-corrected chi connectivity index (χ0v) is 17.8. The molecular formula is C23H33FN2O3. The second-order valence-corrected chi connectivity index (χ2v) is 8.44. The lowest BCUT2D eigenvalue weighted by molar-refractivity contribution is -0.137. The van der Waals surface area contributed by atoms with Crippen LogP contribution in [0.25, 0.3) is 0 Å². The SMILES string of the molecule is CCCN(CCC)C(=O)C1COC2(CCC(C)CC2)N1C(=O)c1ccccc1F. The van der Waals surface area contributed by atoms with Gasteiger partial charge in [0.15, 0.2) is 0 Å². The first-order chi connectivity index (χ1) is 13.9. The van der Waals surface area contributed by atoms with Crippen molar-refractivity contribution in [3.05, 3.63) is 35.6 Å². The number of ether oxygens (including phenoxy) is 1. The minimum absolute atomic E-state index is 0.00586. The van der Waals surface area contributed by atoms with Gasteiger partial charge in [0.05, 0.1) is 12.2 Å². The topological polar surface area (TPSA) is 49.9 Å². The van der Waals surface area contributed by atoms with Crippen molar-refractivity contribution in [2.24, 2.45) is 5.92 Å². The third-order valence-electron chi connectivity index (χ3n) is 6.22. The van der Waals surface area contributed by atoms with Gasteiger partial charge in [-0.25, -0.2) is 4.39 Å². The summed E-state index contributed by atoms with van der Waals surface area (Å²) in [6.45, 7) is 7.74. The molecule has 1 saturated carbocycles. The van der Waals surface area contributed by atoms with E-state index >= 15 is 0 Å².